The molecule has 0 bridgehead atoms. The van der Waals surface area contributed by atoms with Gasteiger partial charge < -0.3 is 19.9 Å². The molecule has 1 amide bonds. The number of primary amides is 1. The largest absolute Gasteiger partial charge is 0.493 e. The number of hydrogen-bond acceptors (Lipinski definition) is 4. The van der Waals surface area contributed by atoms with Gasteiger partial charge in [0.1, 0.15) is 0 Å². The van der Waals surface area contributed by atoms with E-state index < -0.39 is 5.91 Å². The van der Waals surface area contributed by atoms with E-state index in [1.165, 1.54) is 33.5 Å². The molecule has 0 spiro atoms. The molecule has 0 saturated heterocycles. The standard InChI is InChI=1S/C12H15NO4/c1-5-7-8(12(13)14)6-9(15-2)11(17-4)10(7)16-3/h5-6H,1H2,2-4H3,(H2,13,14). The van der Waals surface area contributed by atoms with Crippen molar-refractivity contribution in [2.75, 3.05) is 21.3 Å². The molecule has 1 rings (SSSR count). The lowest BCUT2D eigenvalue weighted by Gasteiger charge is -2.16. The van der Waals surface area contributed by atoms with Gasteiger partial charge in [0, 0.05) is 5.56 Å². The van der Waals surface area contributed by atoms with Gasteiger partial charge in [-0.05, 0) is 6.07 Å². The van der Waals surface area contributed by atoms with Gasteiger partial charge in [-0.25, -0.2) is 0 Å². The van der Waals surface area contributed by atoms with Crippen molar-refractivity contribution in [1.29, 1.82) is 0 Å². The Balaban J connectivity index is 3.66. The van der Waals surface area contributed by atoms with Gasteiger partial charge in [-0.1, -0.05) is 12.7 Å². The normalized spacial score (nSPS) is 9.59. The summed E-state index contributed by atoms with van der Waals surface area (Å²) in [5.74, 6) is 0.563. The molecule has 0 fully saturated rings. The highest BCUT2D eigenvalue weighted by molar-refractivity contribution is 5.99. The maximum atomic E-state index is 11.3. The second kappa shape index (κ2) is 5.25. The number of methoxy groups -OCH3 is 3. The molecule has 0 atom stereocenters. The lowest BCUT2D eigenvalue weighted by molar-refractivity contribution is 0.0999. The summed E-state index contributed by atoms with van der Waals surface area (Å²) >= 11 is 0. The predicted molar refractivity (Wildman–Crippen MR) is 64.7 cm³/mol. The topological polar surface area (TPSA) is 70.8 Å². The summed E-state index contributed by atoms with van der Waals surface area (Å²) in [5, 5.41) is 0. The fraction of sp³-hybridized carbons (Fsp3) is 0.250. The maximum absolute atomic E-state index is 11.3. The van der Waals surface area contributed by atoms with E-state index in [4.69, 9.17) is 19.9 Å². The Bertz CT molecular complexity index is 454. The van der Waals surface area contributed by atoms with Crippen molar-refractivity contribution in [1.82, 2.24) is 0 Å². The Morgan fingerprint density at radius 3 is 2.18 bits per heavy atom. The lowest BCUT2D eigenvalue weighted by Crippen LogP contribution is -2.14. The Labute approximate surface area is 99.8 Å². The minimum atomic E-state index is -0.584. The molecule has 0 aliphatic heterocycles. The van der Waals surface area contributed by atoms with Gasteiger partial charge in [0.15, 0.2) is 11.5 Å². The molecule has 1 aromatic rings. The number of benzene rings is 1. The molecule has 92 valence electrons. The first-order valence-electron chi connectivity index (χ1n) is 4.85. The fourth-order valence-corrected chi connectivity index (χ4v) is 1.58. The first-order chi connectivity index (χ1) is 8.10. The van der Waals surface area contributed by atoms with E-state index in [9.17, 15) is 4.79 Å². The summed E-state index contributed by atoms with van der Waals surface area (Å²) in [5.41, 5.74) is 6.05. The molecule has 0 heterocycles. The molecule has 5 heteroatoms. The number of hydrogen-bond donors (Lipinski definition) is 1. The van der Waals surface area contributed by atoms with Gasteiger partial charge in [0.25, 0.3) is 0 Å². The highest BCUT2D eigenvalue weighted by Crippen LogP contribution is 2.42. The van der Waals surface area contributed by atoms with Gasteiger partial charge in [-0.3, -0.25) is 4.79 Å². The smallest absolute Gasteiger partial charge is 0.249 e. The summed E-state index contributed by atoms with van der Waals surface area (Å²) in [6, 6.07) is 1.50. The second-order valence-corrected chi connectivity index (χ2v) is 3.17. The van der Waals surface area contributed by atoms with Crippen molar-refractivity contribution in [3.05, 3.63) is 23.8 Å². The van der Waals surface area contributed by atoms with Crippen LogP contribution in [0.15, 0.2) is 12.6 Å². The first-order valence-corrected chi connectivity index (χ1v) is 4.85. The van der Waals surface area contributed by atoms with E-state index in [0.717, 1.165) is 0 Å². The number of carbonyl (C=O) groups is 1. The van der Waals surface area contributed by atoms with Crippen LogP contribution in [-0.4, -0.2) is 27.2 Å². The summed E-state index contributed by atoms with van der Waals surface area (Å²) < 4.78 is 15.5. The van der Waals surface area contributed by atoms with Crippen molar-refractivity contribution in [3.8, 4) is 17.2 Å². The molecular weight excluding hydrogens is 222 g/mol. The molecule has 0 radical (unpaired) electrons. The third kappa shape index (κ3) is 2.18. The Hall–Kier alpha value is -2.17. The Morgan fingerprint density at radius 2 is 1.82 bits per heavy atom. The molecule has 17 heavy (non-hydrogen) atoms. The van der Waals surface area contributed by atoms with Gasteiger partial charge in [-0.15, -0.1) is 0 Å². The van der Waals surface area contributed by atoms with Crippen LogP contribution in [0.4, 0.5) is 0 Å². The predicted octanol–water partition coefficient (Wildman–Crippen LogP) is 1.45. The zero-order valence-corrected chi connectivity index (χ0v) is 10.1. The van der Waals surface area contributed by atoms with Crippen molar-refractivity contribution >= 4 is 12.0 Å². The Morgan fingerprint density at radius 1 is 1.24 bits per heavy atom. The van der Waals surface area contributed by atoms with Crippen LogP contribution in [0, 0.1) is 0 Å². The highest BCUT2D eigenvalue weighted by atomic mass is 16.5. The van der Waals surface area contributed by atoms with Crippen LogP contribution in [0.25, 0.3) is 6.08 Å². The summed E-state index contributed by atoms with van der Waals surface area (Å²) in [7, 11) is 4.42. The molecule has 1 aromatic carbocycles. The van der Waals surface area contributed by atoms with Crippen LogP contribution in [0.5, 0.6) is 17.2 Å². The zero-order valence-electron chi connectivity index (χ0n) is 10.1. The van der Waals surface area contributed by atoms with Gasteiger partial charge in [-0.2, -0.15) is 0 Å². The number of amides is 1. The van der Waals surface area contributed by atoms with E-state index in [1.807, 2.05) is 0 Å². The average molecular weight is 237 g/mol. The van der Waals surface area contributed by atoms with Crippen molar-refractivity contribution < 1.29 is 19.0 Å². The second-order valence-electron chi connectivity index (χ2n) is 3.17. The molecule has 0 aromatic heterocycles. The number of carbonyl (C=O) groups excluding carboxylic acids is 1. The summed E-state index contributed by atoms with van der Waals surface area (Å²) in [6.45, 7) is 3.63. The van der Waals surface area contributed by atoms with Crippen LogP contribution < -0.4 is 19.9 Å². The summed E-state index contributed by atoms with van der Waals surface area (Å²) in [4.78, 5) is 11.3. The van der Waals surface area contributed by atoms with Crippen molar-refractivity contribution in [3.63, 3.8) is 0 Å². The fourth-order valence-electron chi connectivity index (χ4n) is 1.58. The van der Waals surface area contributed by atoms with Crippen molar-refractivity contribution in [2.24, 2.45) is 5.73 Å². The molecular formula is C12H15NO4. The molecule has 5 nitrogen and oxygen atoms in total. The number of ether oxygens (including phenoxy) is 3. The Kier molecular flexibility index (Phi) is 3.98. The molecule has 0 aliphatic rings. The van der Waals surface area contributed by atoms with E-state index in [0.29, 0.717) is 22.8 Å². The van der Waals surface area contributed by atoms with Crippen LogP contribution in [0.2, 0.25) is 0 Å². The maximum Gasteiger partial charge on any atom is 0.249 e. The van der Waals surface area contributed by atoms with Gasteiger partial charge >= 0.3 is 0 Å². The molecule has 0 saturated carbocycles. The summed E-state index contributed by atoms with van der Waals surface area (Å²) in [6.07, 6.45) is 1.49. The van der Waals surface area contributed by atoms with Gasteiger partial charge in [0.2, 0.25) is 11.7 Å². The number of rotatable bonds is 5. The first kappa shape index (κ1) is 12.9. The van der Waals surface area contributed by atoms with Gasteiger partial charge in [0.05, 0.1) is 26.9 Å². The number of nitrogens with two attached hydrogens (primary N) is 1. The van der Waals surface area contributed by atoms with Crippen LogP contribution >= 0.6 is 0 Å². The highest BCUT2D eigenvalue weighted by Gasteiger charge is 2.21. The minimum absolute atomic E-state index is 0.273. The quantitative estimate of drug-likeness (QED) is 0.841. The van der Waals surface area contributed by atoms with Crippen LogP contribution in [-0.2, 0) is 0 Å². The monoisotopic (exact) mass is 237 g/mol. The third-order valence-electron chi connectivity index (χ3n) is 2.34. The third-order valence-corrected chi connectivity index (χ3v) is 2.34. The van der Waals surface area contributed by atoms with E-state index >= 15 is 0 Å². The zero-order chi connectivity index (χ0) is 13.0. The molecule has 0 aliphatic carbocycles. The van der Waals surface area contributed by atoms with E-state index in [2.05, 4.69) is 6.58 Å². The molecule has 0 unspecified atom stereocenters. The van der Waals surface area contributed by atoms with E-state index in [-0.39, 0.29) is 5.56 Å². The van der Waals surface area contributed by atoms with Crippen LogP contribution in [0.1, 0.15) is 15.9 Å². The molecule has 2 N–H and O–H groups in total. The van der Waals surface area contributed by atoms with E-state index in [1.54, 1.807) is 0 Å². The SMILES string of the molecule is C=Cc1c(C(N)=O)cc(OC)c(OC)c1OC. The van der Waals surface area contributed by atoms with Crippen LogP contribution in [0.3, 0.4) is 0 Å². The lowest BCUT2D eigenvalue weighted by atomic mass is 10.0. The minimum Gasteiger partial charge on any atom is -0.493 e. The van der Waals surface area contributed by atoms with Crippen molar-refractivity contribution in [2.45, 2.75) is 0 Å². The average Bonchev–Trinajstić information content (AvgIpc) is 2.35.